The Kier molecular flexibility index (Phi) is 6.13. The van der Waals surface area contributed by atoms with Crippen LogP contribution in [0.5, 0.6) is 0 Å². The first-order valence-corrected chi connectivity index (χ1v) is 7.95. The second kappa shape index (κ2) is 8.31. The van der Waals surface area contributed by atoms with Crippen LogP contribution in [0.4, 0.5) is 5.95 Å². The summed E-state index contributed by atoms with van der Waals surface area (Å²) in [6.45, 7) is 0.133. The number of amides is 1. The lowest BCUT2D eigenvalue weighted by molar-refractivity contribution is -0.143. The third-order valence-corrected chi connectivity index (χ3v) is 3.71. The number of hydrogen-bond acceptors (Lipinski definition) is 7. The standard InChI is InChI=1S/C15H20N6O6/c1-21(6-10(22)18-9(14(26)27)2-3-11(23)24)5-7-4-8-12(17-7)19-15(16)20-13(8)25/h4,9H,2-3,5-6H2,1H3,(H,18,22)(H,23,24)(H,26,27)(H4,16,17,19,20,25)/t9-/m0/s1. The summed E-state index contributed by atoms with van der Waals surface area (Å²) in [7, 11) is 1.63. The molecule has 146 valence electrons. The number of nitrogen functional groups attached to an aromatic ring is 1. The predicted molar refractivity (Wildman–Crippen MR) is 93.9 cm³/mol. The summed E-state index contributed by atoms with van der Waals surface area (Å²) in [5, 5.41) is 20.3. The van der Waals surface area contributed by atoms with E-state index in [9.17, 15) is 19.2 Å². The molecule has 0 aliphatic carbocycles. The lowest BCUT2D eigenvalue weighted by atomic mass is 10.1. The lowest BCUT2D eigenvalue weighted by Crippen LogP contribution is -2.45. The van der Waals surface area contributed by atoms with Crippen LogP contribution in [0.2, 0.25) is 0 Å². The first-order chi connectivity index (χ1) is 12.7. The van der Waals surface area contributed by atoms with Crippen molar-refractivity contribution in [2.45, 2.75) is 25.4 Å². The Morgan fingerprint density at radius 3 is 2.67 bits per heavy atom. The summed E-state index contributed by atoms with van der Waals surface area (Å²) in [6.07, 6.45) is -0.579. The zero-order chi connectivity index (χ0) is 20.1. The zero-order valence-corrected chi connectivity index (χ0v) is 14.5. The van der Waals surface area contributed by atoms with Crippen LogP contribution in [0.25, 0.3) is 11.0 Å². The van der Waals surface area contributed by atoms with Crippen LogP contribution in [0.3, 0.4) is 0 Å². The molecule has 7 N–H and O–H groups in total. The number of likely N-dealkylation sites (N-methyl/N-ethyl adjacent to an activating group) is 1. The third-order valence-electron chi connectivity index (χ3n) is 3.71. The van der Waals surface area contributed by atoms with Gasteiger partial charge in [-0.3, -0.25) is 24.3 Å². The number of carbonyl (C=O) groups is 3. The molecule has 2 aromatic rings. The van der Waals surface area contributed by atoms with Crippen molar-refractivity contribution in [2.75, 3.05) is 19.3 Å². The maximum absolute atomic E-state index is 12.0. The highest BCUT2D eigenvalue weighted by Gasteiger charge is 2.21. The predicted octanol–water partition coefficient (Wildman–Crippen LogP) is -1.30. The van der Waals surface area contributed by atoms with Crippen molar-refractivity contribution in [1.82, 2.24) is 25.2 Å². The van der Waals surface area contributed by atoms with Crippen molar-refractivity contribution in [3.63, 3.8) is 0 Å². The van der Waals surface area contributed by atoms with Crippen LogP contribution in [0.1, 0.15) is 18.5 Å². The number of aromatic nitrogens is 3. The number of rotatable bonds is 9. The van der Waals surface area contributed by atoms with Gasteiger partial charge < -0.3 is 26.2 Å². The van der Waals surface area contributed by atoms with Gasteiger partial charge in [0.25, 0.3) is 5.56 Å². The summed E-state index contributed by atoms with van der Waals surface area (Å²) >= 11 is 0. The maximum Gasteiger partial charge on any atom is 0.326 e. The molecular weight excluding hydrogens is 360 g/mol. The topological polar surface area (TPSA) is 195 Å². The molecule has 0 saturated carbocycles. The number of fused-ring (bicyclic) bond motifs is 1. The second-order valence-corrected chi connectivity index (χ2v) is 6.07. The number of nitrogens with one attached hydrogen (secondary N) is 3. The van der Waals surface area contributed by atoms with Crippen molar-refractivity contribution >= 4 is 34.8 Å². The van der Waals surface area contributed by atoms with Crippen LogP contribution in [-0.4, -0.2) is 67.5 Å². The average Bonchev–Trinajstić information content (AvgIpc) is 2.93. The molecule has 27 heavy (non-hydrogen) atoms. The molecule has 12 nitrogen and oxygen atoms in total. The van der Waals surface area contributed by atoms with Crippen LogP contribution >= 0.6 is 0 Å². The van der Waals surface area contributed by atoms with E-state index < -0.39 is 23.9 Å². The van der Waals surface area contributed by atoms with E-state index in [0.717, 1.165) is 0 Å². The molecule has 0 aliphatic heterocycles. The number of H-pyrrole nitrogens is 2. The van der Waals surface area contributed by atoms with E-state index in [2.05, 4.69) is 20.3 Å². The van der Waals surface area contributed by atoms with Crippen LogP contribution < -0.4 is 16.6 Å². The summed E-state index contributed by atoms with van der Waals surface area (Å²) in [5.41, 5.74) is 6.03. The highest BCUT2D eigenvalue weighted by atomic mass is 16.4. The molecule has 0 fully saturated rings. The fourth-order valence-corrected chi connectivity index (χ4v) is 2.53. The van der Waals surface area contributed by atoms with Gasteiger partial charge in [0.1, 0.15) is 11.7 Å². The monoisotopic (exact) mass is 380 g/mol. The summed E-state index contributed by atoms with van der Waals surface area (Å²) < 4.78 is 0. The Balaban J connectivity index is 1.96. The van der Waals surface area contributed by atoms with Crippen LogP contribution in [-0.2, 0) is 20.9 Å². The van der Waals surface area contributed by atoms with E-state index in [1.807, 2.05) is 0 Å². The Bertz CT molecular complexity index is 919. The van der Waals surface area contributed by atoms with E-state index in [1.54, 1.807) is 18.0 Å². The fraction of sp³-hybridized carbons (Fsp3) is 0.400. The SMILES string of the molecule is CN(CC(=O)N[C@@H](CCC(=O)O)C(=O)O)Cc1cc2c(=O)[nH]c(N)nc2[nH]1. The van der Waals surface area contributed by atoms with Crippen molar-refractivity contribution in [1.29, 1.82) is 0 Å². The van der Waals surface area contributed by atoms with E-state index in [1.165, 1.54) is 0 Å². The first kappa shape index (κ1) is 19.9. The molecule has 0 bridgehead atoms. The van der Waals surface area contributed by atoms with Crippen molar-refractivity contribution in [2.24, 2.45) is 0 Å². The van der Waals surface area contributed by atoms with Crippen LogP contribution in [0.15, 0.2) is 10.9 Å². The van der Waals surface area contributed by atoms with Gasteiger partial charge in [-0.1, -0.05) is 0 Å². The number of carboxylic acids is 2. The van der Waals surface area contributed by atoms with Gasteiger partial charge in [-0.25, -0.2) is 4.79 Å². The van der Waals surface area contributed by atoms with E-state index >= 15 is 0 Å². The lowest BCUT2D eigenvalue weighted by Gasteiger charge is -2.18. The molecule has 2 rings (SSSR count). The average molecular weight is 380 g/mol. The molecule has 1 atom stereocenters. The number of nitrogens with zero attached hydrogens (tertiary/aromatic N) is 2. The van der Waals surface area contributed by atoms with E-state index in [-0.39, 0.29) is 37.4 Å². The molecule has 0 aromatic carbocycles. The van der Waals surface area contributed by atoms with Gasteiger partial charge in [0, 0.05) is 18.7 Å². The van der Waals surface area contributed by atoms with E-state index in [4.69, 9.17) is 15.9 Å². The zero-order valence-electron chi connectivity index (χ0n) is 14.5. The Morgan fingerprint density at radius 1 is 1.33 bits per heavy atom. The number of aliphatic carboxylic acids is 2. The normalized spacial score (nSPS) is 12.2. The molecule has 12 heteroatoms. The molecule has 2 heterocycles. The minimum Gasteiger partial charge on any atom is -0.481 e. The molecule has 0 spiro atoms. The summed E-state index contributed by atoms with van der Waals surface area (Å²) in [5.74, 6) is -3.03. The van der Waals surface area contributed by atoms with Gasteiger partial charge in [0.15, 0.2) is 0 Å². The van der Waals surface area contributed by atoms with Gasteiger partial charge >= 0.3 is 11.9 Å². The van der Waals surface area contributed by atoms with Gasteiger partial charge in [-0.2, -0.15) is 4.98 Å². The molecule has 0 saturated heterocycles. The Labute approximate surface area is 152 Å². The molecule has 0 radical (unpaired) electrons. The number of carboxylic acid groups (broad SMARTS) is 2. The highest BCUT2D eigenvalue weighted by molar-refractivity contribution is 5.85. The van der Waals surface area contributed by atoms with Gasteiger partial charge in [0.2, 0.25) is 11.9 Å². The maximum atomic E-state index is 12.0. The molecule has 0 aliphatic rings. The first-order valence-electron chi connectivity index (χ1n) is 7.95. The number of anilines is 1. The highest BCUT2D eigenvalue weighted by Crippen LogP contribution is 2.11. The summed E-state index contributed by atoms with van der Waals surface area (Å²) in [6, 6.07) is 0.308. The Hall–Kier alpha value is -3.41. The van der Waals surface area contributed by atoms with Crippen molar-refractivity contribution in [3.05, 3.63) is 22.1 Å². The van der Waals surface area contributed by atoms with E-state index in [0.29, 0.717) is 16.7 Å². The number of carbonyl (C=O) groups excluding carboxylic acids is 1. The number of aromatic amines is 2. The summed E-state index contributed by atoms with van der Waals surface area (Å²) in [4.78, 5) is 56.4. The Morgan fingerprint density at radius 2 is 2.04 bits per heavy atom. The van der Waals surface area contributed by atoms with Crippen molar-refractivity contribution < 1.29 is 24.6 Å². The second-order valence-electron chi connectivity index (χ2n) is 6.07. The third kappa shape index (κ3) is 5.54. The van der Waals surface area contributed by atoms with Gasteiger partial charge in [0.05, 0.1) is 11.9 Å². The van der Waals surface area contributed by atoms with Crippen LogP contribution in [0, 0.1) is 0 Å². The minimum atomic E-state index is -1.30. The van der Waals surface area contributed by atoms with Gasteiger partial charge in [-0.05, 0) is 19.5 Å². The minimum absolute atomic E-state index is 0.0188. The van der Waals surface area contributed by atoms with Crippen molar-refractivity contribution in [3.8, 4) is 0 Å². The molecule has 2 aromatic heterocycles. The number of nitrogens with two attached hydrogens (primary N) is 1. The quantitative estimate of drug-likeness (QED) is 0.306. The smallest absolute Gasteiger partial charge is 0.326 e. The molecular formula is C15H20N6O6. The molecule has 0 unspecified atom stereocenters. The van der Waals surface area contributed by atoms with Gasteiger partial charge in [-0.15, -0.1) is 0 Å². The fourth-order valence-electron chi connectivity index (χ4n) is 2.53. The molecule has 1 amide bonds. The number of hydrogen-bond donors (Lipinski definition) is 6. The largest absolute Gasteiger partial charge is 0.481 e.